The Morgan fingerprint density at radius 2 is 1.73 bits per heavy atom. The van der Waals surface area contributed by atoms with E-state index < -0.39 is 0 Å². The molecule has 1 amide bonds. The predicted octanol–water partition coefficient (Wildman–Crippen LogP) is 5.93. The number of amides is 1. The van der Waals surface area contributed by atoms with Crippen LogP contribution in [0, 0.1) is 6.92 Å². The van der Waals surface area contributed by atoms with E-state index in [1.54, 1.807) is 12.1 Å². The van der Waals surface area contributed by atoms with Crippen molar-refractivity contribution in [2.24, 2.45) is 0 Å². The number of hydrogen-bond donors (Lipinski definition) is 1. The normalized spacial score (nSPS) is 11.9. The molecule has 0 aliphatic rings. The van der Waals surface area contributed by atoms with Gasteiger partial charge in [-0.15, -0.1) is 0 Å². The molecule has 3 aromatic carbocycles. The lowest BCUT2D eigenvalue weighted by atomic mass is 10.0. The zero-order valence-corrected chi connectivity index (χ0v) is 19.5. The highest BCUT2D eigenvalue weighted by Gasteiger charge is 2.18. The molecule has 0 saturated heterocycles. The second-order valence-electron chi connectivity index (χ2n) is 8.08. The highest BCUT2D eigenvalue weighted by atomic mass is 35.5. The van der Waals surface area contributed by atoms with E-state index in [0.29, 0.717) is 22.7 Å². The third-order valence-corrected chi connectivity index (χ3v) is 6.04. The predicted molar refractivity (Wildman–Crippen MR) is 131 cm³/mol. The fourth-order valence-corrected chi connectivity index (χ4v) is 4.14. The first kappa shape index (κ1) is 22.6. The van der Waals surface area contributed by atoms with Crippen LogP contribution in [0.4, 0.5) is 0 Å². The van der Waals surface area contributed by atoms with Gasteiger partial charge in [0.1, 0.15) is 0 Å². The molecule has 0 aliphatic heterocycles. The molecule has 1 aromatic heterocycles. The van der Waals surface area contributed by atoms with E-state index in [1.165, 1.54) is 7.11 Å². The maximum Gasteiger partial charge on any atom is 0.337 e. The molecule has 1 heterocycles. The quantitative estimate of drug-likeness (QED) is 0.363. The van der Waals surface area contributed by atoms with Gasteiger partial charge in [-0.1, -0.05) is 48.0 Å². The van der Waals surface area contributed by atoms with Crippen molar-refractivity contribution in [1.29, 1.82) is 0 Å². The van der Waals surface area contributed by atoms with Crippen LogP contribution < -0.4 is 5.32 Å². The van der Waals surface area contributed by atoms with Gasteiger partial charge in [0.15, 0.2) is 0 Å². The number of esters is 1. The Hall–Kier alpha value is -3.57. The summed E-state index contributed by atoms with van der Waals surface area (Å²) in [6.07, 6.45) is 2.07. The Morgan fingerprint density at radius 3 is 2.39 bits per heavy atom. The number of methoxy groups -OCH3 is 1. The van der Waals surface area contributed by atoms with E-state index >= 15 is 0 Å². The maximum absolute atomic E-state index is 13.3. The monoisotopic (exact) mass is 460 g/mol. The molecule has 0 saturated carbocycles. The molecule has 4 aromatic rings. The van der Waals surface area contributed by atoms with Crippen LogP contribution in [-0.4, -0.2) is 23.6 Å². The molecular formula is C27H25ClN2O3. The van der Waals surface area contributed by atoms with E-state index in [4.69, 9.17) is 16.3 Å². The molecule has 0 aliphatic carbocycles. The molecule has 1 N–H and O–H groups in total. The highest BCUT2D eigenvalue weighted by molar-refractivity contribution is 6.30. The number of benzene rings is 3. The summed E-state index contributed by atoms with van der Waals surface area (Å²) < 4.78 is 6.85. The molecule has 168 valence electrons. The van der Waals surface area contributed by atoms with Crippen molar-refractivity contribution in [3.05, 3.63) is 106 Å². The highest BCUT2D eigenvalue weighted by Crippen LogP contribution is 2.26. The molecule has 0 unspecified atom stereocenters. The third-order valence-electron chi connectivity index (χ3n) is 5.79. The number of aromatic nitrogens is 1. The van der Waals surface area contributed by atoms with Gasteiger partial charge in [0, 0.05) is 23.2 Å². The summed E-state index contributed by atoms with van der Waals surface area (Å²) in [4.78, 5) is 25.0. The number of nitrogens with one attached hydrogen (secondary N) is 1. The van der Waals surface area contributed by atoms with Gasteiger partial charge in [0.25, 0.3) is 5.91 Å². The lowest BCUT2D eigenvalue weighted by Crippen LogP contribution is -2.27. The Balaban J connectivity index is 1.61. The van der Waals surface area contributed by atoms with Crippen molar-refractivity contribution in [3.63, 3.8) is 0 Å². The van der Waals surface area contributed by atoms with Crippen LogP contribution in [-0.2, 0) is 11.3 Å². The smallest absolute Gasteiger partial charge is 0.337 e. The minimum Gasteiger partial charge on any atom is -0.465 e. The molecule has 0 radical (unpaired) electrons. The first-order valence-electron chi connectivity index (χ1n) is 10.7. The summed E-state index contributed by atoms with van der Waals surface area (Å²) in [6, 6.07) is 20.3. The number of hydrogen-bond acceptors (Lipinski definition) is 3. The Kier molecular flexibility index (Phi) is 6.52. The van der Waals surface area contributed by atoms with Gasteiger partial charge in [0.05, 0.1) is 29.8 Å². The summed E-state index contributed by atoms with van der Waals surface area (Å²) >= 11 is 6.03. The lowest BCUT2D eigenvalue weighted by Gasteiger charge is -2.16. The molecule has 0 fully saturated rings. The topological polar surface area (TPSA) is 60.3 Å². The van der Waals surface area contributed by atoms with Crippen LogP contribution in [0.1, 0.15) is 50.4 Å². The fraction of sp³-hybridized carbons (Fsp3) is 0.185. The number of halogens is 1. The zero-order chi connectivity index (χ0) is 23.5. The summed E-state index contributed by atoms with van der Waals surface area (Å²) in [7, 11) is 1.35. The lowest BCUT2D eigenvalue weighted by molar-refractivity contribution is 0.0600. The van der Waals surface area contributed by atoms with Gasteiger partial charge in [-0.3, -0.25) is 4.79 Å². The van der Waals surface area contributed by atoms with Crippen molar-refractivity contribution >= 4 is 34.4 Å². The first-order valence-corrected chi connectivity index (χ1v) is 11.1. The molecule has 0 spiro atoms. The number of aryl methyl sites for hydroxylation is 1. The van der Waals surface area contributed by atoms with Crippen molar-refractivity contribution in [3.8, 4) is 0 Å². The molecule has 1 atom stereocenters. The molecular weight excluding hydrogens is 436 g/mol. The van der Waals surface area contributed by atoms with E-state index in [2.05, 4.69) is 16.1 Å². The average Bonchev–Trinajstić information content (AvgIpc) is 3.15. The van der Waals surface area contributed by atoms with Crippen LogP contribution >= 0.6 is 11.6 Å². The Morgan fingerprint density at radius 1 is 1.03 bits per heavy atom. The second-order valence-corrected chi connectivity index (χ2v) is 8.51. The van der Waals surface area contributed by atoms with Crippen molar-refractivity contribution in [2.75, 3.05) is 7.11 Å². The summed E-state index contributed by atoms with van der Waals surface area (Å²) in [5.74, 6) is -0.540. The van der Waals surface area contributed by atoms with Crippen molar-refractivity contribution in [1.82, 2.24) is 9.88 Å². The summed E-state index contributed by atoms with van der Waals surface area (Å²) in [5, 5.41) is 4.83. The summed E-state index contributed by atoms with van der Waals surface area (Å²) in [5.41, 5.74) is 5.10. The molecule has 33 heavy (non-hydrogen) atoms. The number of rotatable bonds is 6. The summed E-state index contributed by atoms with van der Waals surface area (Å²) in [6.45, 7) is 4.60. The number of ether oxygens (including phenoxy) is 1. The largest absolute Gasteiger partial charge is 0.465 e. The van der Waals surface area contributed by atoms with Gasteiger partial charge in [-0.05, 0) is 60.9 Å². The van der Waals surface area contributed by atoms with Crippen molar-refractivity contribution < 1.29 is 14.3 Å². The van der Waals surface area contributed by atoms with E-state index in [9.17, 15) is 9.59 Å². The van der Waals surface area contributed by atoms with Crippen LogP contribution in [0.3, 0.4) is 0 Å². The Bertz CT molecular complexity index is 1310. The van der Waals surface area contributed by atoms with E-state index in [1.807, 2.05) is 68.4 Å². The number of fused-ring (bicyclic) bond motifs is 1. The minimum atomic E-state index is -0.387. The molecule has 5 nitrogen and oxygen atoms in total. The number of para-hydroxylation sites is 1. The van der Waals surface area contributed by atoms with Gasteiger partial charge >= 0.3 is 5.97 Å². The Labute approximate surface area is 197 Å². The number of carbonyl (C=O) groups is 2. The first-order chi connectivity index (χ1) is 15.9. The van der Waals surface area contributed by atoms with Crippen molar-refractivity contribution in [2.45, 2.75) is 26.4 Å². The standard InChI is InChI=1S/C27H25ClN2O3/c1-17-15-30(16-19-7-13-22(28)14-8-19)25-23(17)5-4-6-24(25)26(31)29-18(2)20-9-11-21(12-10-20)27(32)33-3/h4-15,18H,16H2,1-3H3,(H,29,31)/t18-/m0/s1. The fourth-order valence-electron chi connectivity index (χ4n) is 4.02. The van der Waals surface area contributed by atoms with Gasteiger partial charge in [0.2, 0.25) is 0 Å². The number of nitrogens with zero attached hydrogens (tertiary/aromatic N) is 1. The third kappa shape index (κ3) is 4.78. The van der Waals surface area contributed by atoms with Gasteiger partial charge in [-0.25, -0.2) is 4.79 Å². The van der Waals surface area contributed by atoms with E-state index in [0.717, 1.165) is 27.6 Å². The average molecular weight is 461 g/mol. The van der Waals surface area contributed by atoms with E-state index in [-0.39, 0.29) is 17.9 Å². The van der Waals surface area contributed by atoms with Crippen LogP contribution in [0.2, 0.25) is 5.02 Å². The minimum absolute atomic E-state index is 0.152. The maximum atomic E-state index is 13.3. The second kappa shape index (κ2) is 9.51. The molecule has 0 bridgehead atoms. The SMILES string of the molecule is COC(=O)c1ccc([C@H](C)NC(=O)c2cccc3c(C)cn(Cc4ccc(Cl)cc4)c23)cc1. The van der Waals surface area contributed by atoms with Gasteiger partial charge in [-0.2, -0.15) is 0 Å². The van der Waals surface area contributed by atoms with Crippen LogP contribution in [0.15, 0.2) is 72.9 Å². The molecule has 6 heteroatoms. The van der Waals surface area contributed by atoms with Gasteiger partial charge < -0.3 is 14.6 Å². The van der Waals surface area contributed by atoms with Crippen LogP contribution in [0.25, 0.3) is 10.9 Å². The zero-order valence-electron chi connectivity index (χ0n) is 18.8. The number of carbonyl (C=O) groups excluding carboxylic acids is 2. The van der Waals surface area contributed by atoms with Crippen LogP contribution in [0.5, 0.6) is 0 Å². The molecule has 4 rings (SSSR count).